The van der Waals surface area contributed by atoms with Crippen LogP contribution in [0.5, 0.6) is 5.75 Å². The number of benzene rings is 2. The van der Waals surface area contributed by atoms with Crippen molar-refractivity contribution in [3.63, 3.8) is 0 Å². The average Bonchev–Trinajstić information content (AvgIpc) is 3.20. The van der Waals surface area contributed by atoms with Crippen LogP contribution in [-0.4, -0.2) is 23.4 Å². The van der Waals surface area contributed by atoms with Crippen molar-refractivity contribution in [2.45, 2.75) is 33.1 Å². The Balaban J connectivity index is 1.58. The maximum atomic E-state index is 12.3. The van der Waals surface area contributed by atoms with Gasteiger partial charge in [0.05, 0.1) is 5.69 Å². The second-order valence-electron chi connectivity index (χ2n) is 6.98. The molecule has 2 amide bonds. The van der Waals surface area contributed by atoms with Crippen LogP contribution in [-0.2, 0) is 9.59 Å². The molecule has 1 heterocycles. The van der Waals surface area contributed by atoms with Crippen molar-refractivity contribution >= 4 is 34.0 Å². The second-order valence-corrected chi connectivity index (χ2v) is 7.84. The molecule has 6 nitrogen and oxygen atoms in total. The van der Waals surface area contributed by atoms with E-state index in [1.165, 1.54) is 18.3 Å². The molecule has 1 aromatic heterocycles. The van der Waals surface area contributed by atoms with Crippen molar-refractivity contribution in [1.29, 1.82) is 0 Å². The summed E-state index contributed by atoms with van der Waals surface area (Å²) in [7, 11) is 0. The maximum absolute atomic E-state index is 12.3. The molecule has 3 aromatic rings. The normalized spacial score (nSPS) is 11.6. The summed E-state index contributed by atoms with van der Waals surface area (Å²) in [6.07, 6.45) is 1.00. The third-order valence-electron chi connectivity index (χ3n) is 4.67. The van der Waals surface area contributed by atoms with E-state index in [1.807, 2.05) is 53.9 Å². The molecule has 156 valence electrons. The van der Waals surface area contributed by atoms with Crippen LogP contribution >= 0.6 is 11.3 Å². The minimum atomic E-state index is -0.254. The van der Waals surface area contributed by atoms with Gasteiger partial charge in [-0.3, -0.25) is 14.9 Å². The predicted octanol–water partition coefficient (Wildman–Crippen LogP) is 5.30. The molecule has 1 unspecified atom stereocenters. The number of aromatic nitrogens is 1. The molecule has 0 radical (unpaired) electrons. The van der Waals surface area contributed by atoms with E-state index in [0.717, 1.165) is 34.7 Å². The lowest BCUT2D eigenvalue weighted by atomic mass is 9.98. The van der Waals surface area contributed by atoms with Crippen LogP contribution in [0.2, 0.25) is 0 Å². The molecule has 0 aliphatic carbocycles. The van der Waals surface area contributed by atoms with Crippen LogP contribution in [0.15, 0.2) is 53.9 Å². The zero-order valence-electron chi connectivity index (χ0n) is 17.3. The number of anilines is 2. The van der Waals surface area contributed by atoms with Crippen LogP contribution in [0.25, 0.3) is 11.3 Å². The highest BCUT2D eigenvalue weighted by Crippen LogP contribution is 2.29. The van der Waals surface area contributed by atoms with Gasteiger partial charge in [0.2, 0.25) is 5.91 Å². The van der Waals surface area contributed by atoms with Gasteiger partial charge in [0.15, 0.2) is 11.7 Å². The average molecular weight is 424 g/mol. The number of nitrogens with one attached hydrogen (secondary N) is 2. The minimum absolute atomic E-state index is 0.0756. The Kier molecular flexibility index (Phi) is 7.19. The molecule has 2 aromatic carbocycles. The summed E-state index contributed by atoms with van der Waals surface area (Å²) in [5, 5.41) is 7.91. The number of para-hydroxylation sites is 1. The Labute approximate surface area is 180 Å². The van der Waals surface area contributed by atoms with Gasteiger partial charge >= 0.3 is 0 Å². The topological polar surface area (TPSA) is 80.3 Å². The number of thiazole rings is 1. The number of hydrogen-bond acceptors (Lipinski definition) is 5. The van der Waals surface area contributed by atoms with Crippen LogP contribution in [0, 0.1) is 0 Å². The van der Waals surface area contributed by atoms with Gasteiger partial charge in [-0.1, -0.05) is 44.2 Å². The SMILES string of the molecule is CCC(C)c1ccccc1OCC(=O)Nc1nc(-c2ccc(NC(C)=O)cc2)cs1. The first-order valence-corrected chi connectivity index (χ1v) is 10.7. The van der Waals surface area contributed by atoms with Gasteiger partial charge in [0.1, 0.15) is 5.75 Å². The Bertz CT molecular complexity index is 1010. The molecule has 0 aliphatic heterocycles. The summed E-state index contributed by atoms with van der Waals surface area (Å²) < 4.78 is 5.76. The van der Waals surface area contributed by atoms with Crippen molar-refractivity contribution < 1.29 is 14.3 Å². The highest BCUT2D eigenvalue weighted by Gasteiger charge is 2.13. The Morgan fingerprint density at radius 1 is 1.10 bits per heavy atom. The van der Waals surface area contributed by atoms with Crippen LogP contribution < -0.4 is 15.4 Å². The van der Waals surface area contributed by atoms with Gasteiger partial charge < -0.3 is 10.1 Å². The summed E-state index contributed by atoms with van der Waals surface area (Å²) >= 11 is 1.35. The highest BCUT2D eigenvalue weighted by atomic mass is 32.1. The third-order valence-corrected chi connectivity index (χ3v) is 5.43. The zero-order chi connectivity index (χ0) is 21.5. The van der Waals surface area contributed by atoms with E-state index in [9.17, 15) is 9.59 Å². The smallest absolute Gasteiger partial charge is 0.264 e. The Morgan fingerprint density at radius 2 is 1.83 bits per heavy atom. The molecule has 3 rings (SSSR count). The molecule has 1 atom stereocenters. The first-order valence-electron chi connectivity index (χ1n) is 9.81. The number of ether oxygens (including phenoxy) is 1. The van der Waals surface area contributed by atoms with Crippen molar-refractivity contribution in [3.8, 4) is 17.0 Å². The maximum Gasteiger partial charge on any atom is 0.264 e. The van der Waals surface area contributed by atoms with Gasteiger partial charge in [0.25, 0.3) is 5.91 Å². The van der Waals surface area contributed by atoms with E-state index in [4.69, 9.17) is 4.74 Å². The first-order chi connectivity index (χ1) is 14.5. The molecule has 0 bridgehead atoms. The summed E-state index contributed by atoms with van der Waals surface area (Å²) in [4.78, 5) is 27.9. The van der Waals surface area contributed by atoms with Crippen LogP contribution in [0.3, 0.4) is 0 Å². The van der Waals surface area contributed by atoms with E-state index in [0.29, 0.717) is 11.0 Å². The van der Waals surface area contributed by atoms with Crippen molar-refractivity contribution in [3.05, 3.63) is 59.5 Å². The summed E-state index contributed by atoms with van der Waals surface area (Å²) in [5.74, 6) is 0.732. The predicted molar refractivity (Wildman–Crippen MR) is 121 cm³/mol. The number of rotatable bonds is 8. The number of nitrogens with zero attached hydrogens (tertiary/aromatic N) is 1. The van der Waals surface area contributed by atoms with Crippen molar-refractivity contribution in [1.82, 2.24) is 4.98 Å². The van der Waals surface area contributed by atoms with Gasteiger partial charge in [-0.15, -0.1) is 11.3 Å². The molecule has 2 N–H and O–H groups in total. The lowest BCUT2D eigenvalue weighted by Gasteiger charge is -2.15. The Hall–Kier alpha value is -3.19. The molecule has 7 heteroatoms. The van der Waals surface area contributed by atoms with Gasteiger partial charge in [-0.05, 0) is 36.1 Å². The summed E-state index contributed by atoms with van der Waals surface area (Å²) in [6.45, 7) is 5.66. The molecule has 0 saturated carbocycles. The van der Waals surface area contributed by atoms with Gasteiger partial charge in [-0.25, -0.2) is 4.98 Å². The largest absolute Gasteiger partial charge is 0.483 e. The molecule has 30 heavy (non-hydrogen) atoms. The summed E-state index contributed by atoms with van der Waals surface area (Å²) in [5.41, 5.74) is 3.49. The molecule has 0 spiro atoms. The molecule has 0 fully saturated rings. The lowest BCUT2D eigenvalue weighted by molar-refractivity contribution is -0.118. The van der Waals surface area contributed by atoms with Crippen molar-refractivity contribution in [2.24, 2.45) is 0 Å². The van der Waals surface area contributed by atoms with Crippen LogP contribution in [0.1, 0.15) is 38.7 Å². The Morgan fingerprint density at radius 3 is 2.53 bits per heavy atom. The fourth-order valence-corrected chi connectivity index (χ4v) is 3.66. The van der Waals surface area contributed by atoms with E-state index >= 15 is 0 Å². The number of amides is 2. The zero-order valence-corrected chi connectivity index (χ0v) is 18.1. The van der Waals surface area contributed by atoms with E-state index in [2.05, 4.69) is 29.5 Å². The van der Waals surface area contributed by atoms with E-state index < -0.39 is 0 Å². The first kappa shape index (κ1) is 21.5. The van der Waals surface area contributed by atoms with Gasteiger partial charge in [-0.2, -0.15) is 0 Å². The van der Waals surface area contributed by atoms with Crippen molar-refractivity contribution in [2.75, 3.05) is 17.2 Å². The monoisotopic (exact) mass is 423 g/mol. The fourth-order valence-electron chi connectivity index (χ4n) is 2.93. The number of hydrogen-bond donors (Lipinski definition) is 2. The van der Waals surface area contributed by atoms with E-state index in [-0.39, 0.29) is 18.4 Å². The van der Waals surface area contributed by atoms with E-state index in [1.54, 1.807) is 0 Å². The number of carbonyl (C=O) groups excluding carboxylic acids is 2. The van der Waals surface area contributed by atoms with Crippen LogP contribution in [0.4, 0.5) is 10.8 Å². The number of carbonyl (C=O) groups is 2. The third kappa shape index (κ3) is 5.67. The molecular weight excluding hydrogens is 398 g/mol. The van der Waals surface area contributed by atoms with Gasteiger partial charge in [0, 0.05) is 23.6 Å². The molecular formula is C23H25N3O3S. The fraction of sp³-hybridized carbons (Fsp3) is 0.261. The molecule has 0 saturated heterocycles. The lowest BCUT2D eigenvalue weighted by Crippen LogP contribution is -2.20. The standard InChI is InChI=1S/C23H25N3O3S/c1-4-15(2)19-7-5-6-8-21(19)29-13-22(28)26-23-25-20(14-30-23)17-9-11-18(12-10-17)24-16(3)27/h5-12,14-15H,4,13H2,1-3H3,(H,24,27)(H,25,26,28). The quantitative estimate of drug-likeness (QED) is 0.515. The second kappa shape index (κ2) is 10.0. The molecule has 0 aliphatic rings. The highest BCUT2D eigenvalue weighted by molar-refractivity contribution is 7.14. The minimum Gasteiger partial charge on any atom is -0.483 e. The summed E-state index contributed by atoms with van der Waals surface area (Å²) in [6, 6.07) is 15.2.